The van der Waals surface area contributed by atoms with Crippen LogP contribution in [-0.2, 0) is 27.8 Å². The third kappa shape index (κ3) is 4.22. The monoisotopic (exact) mass is 357 g/mol. The first-order chi connectivity index (χ1) is 11.0. The van der Waals surface area contributed by atoms with E-state index in [9.17, 15) is 13.2 Å². The molecular weight excluding hydrogens is 338 g/mol. The van der Waals surface area contributed by atoms with Gasteiger partial charge in [-0.15, -0.1) is 5.10 Å². The lowest BCUT2D eigenvalue weighted by molar-refractivity contribution is 0.0240. The lowest BCUT2D eigenvalue weighted by Gasteiger charge is -2.23. The second kappa shape index (κ2) is 6.11. The summed E-state index contributed by atoms with van der Waals surface area (Å²) in [4.78, 5) is 23.0. The molecule has 1 aromatic heterocycles. The number of rotatable bonds is 3. The maximum atomic E-state index is 12.1. The lowest BCUT2D eigenvalue weighted by atomic mass is 10.2. The van der Waals surface area contributed by atoms with Crippen molar-refractivity contribution in [2.24, 2.45) is 16.6 Å². The molecule has 1 aliphatic rings. The van der Waals surface area contributed by atoms with Crippen molar-refractivity contribution in [3.63, 3.8) is 0 Å². The summed E-state index contributed by atoms with van der Waals surface area (Å²) in [6.07, 6.45) is 0.833. The minimum Gasteiger partial charge on any atom is -0.444 e. The SMILES string of the molecule is CC(C)(C)OC(=O)N1Cc2cnc(S(=O)(=O)NN=C(N)N)nc2C1. The Morgan fingerprint density at radius 2 is 2.04 bits per heavy atom. The van der Waals surface area contributed by atoms with Gasteiger partial charge in [-0.1, -0.05) is 0 Å². The summed E-state index contributed by atoms with van der Waals surface area (Å²) in [5.41, 5.74) is 10.6. The Labute approximate surface area is 139 Å². The third-order valence-electron chi connectivity index (χ3n) is 2.82. The standard InChI is InChI=1S/C12H19N7O4S/c1-12(2,3)23-11(20)19-5-7-4-15-10(16-8(7)6-19)24(21,22)18-17-9(13)14/h4,18H,5-6H2,1-3H3,(H4,13,14,17). The Morgan fingerprint density at radius 1 is 1.38 bits per heavy atom. The second-order valence-corrected chi connectivity index (χ2v) is 7.65. The van der Waals surface area contributed by atoms with Gasteiger partial charge in [-0.2, -0.15) is 13.2 Å². The molecule has 0 spiro atoms. The van der Waals surface area contributed by atoms with Gasteiger partial charge in [0.15, 0.2) is 0 Å². The van der Waals surface area contributed by atoms with E-state index in [-0.39, 0.29) is 13.1 Å². The van der Waals surface area contributed by atoms with Gasteiger partial charge in [0.25, 0.3) is 5.16 Å². The summed E-state index contributed by atoms with van der Waals surface area (Å²) in [5.74, 6) is -0.448. The minimum atomic E-state index is -4.10. The molecule has 0 aliphatic carbocycles. The number of aromatic nitrogens is 2. The smallest absolute Gasteiger partial charge is 0.410 e. The summed E-state index contributed by atoms with van der Waals surface area (Å²) >= 11 is 0. The first-order valence-corrected chi connectivity index (χ1v) is 8.39. The molecule has 0 unspecified atom stereocenters. The van der Waals surface area contributed by atoms with Crippen LogP contribution in [0.2, 0.25) is 0 Å². The molecule has 1 aromatic rings. The number of guanidine groups is 1. The molecule has 2 heterocycles. The van der Waals surface area contributed by atoms with Crippen LogP contribution in [0.25, 0.3) is 0 Å². The van der Waals surface area contributed by atoms with E-state index in [4.69, 9.17) is 16.2 Å². The lowest BCUT2D eigenvalue weighted by Crippen LogP contribution is -2.33. The van der Waals surface area contributed by atoms with Gasteiger partial charge in [0.2, 0.25) is 5.96 Å². The van der Waals surface area contributed by atoms with E-state index < -0.39 is 32.8 Å². The molecule has 0 saturated carbocycles. The number of nitrogens with two attached hydrogens (primary N) is 2. The molecule has 0 saturated heterocycles. The fourth-order valence-corrected chi connectivity index (χ4v) is 2.60. The number of nitrogens with zero attached hydrogens (tertiary/aromatic N) is 4. The zero-order valence-corrected chi connectivity index (χ0v) is 14.3. The summed E-state index contributed by atoms with van der Waals surface area (Å²) in [6, 6.07) is 0. The Bertz CT molecular complexity index is 781. The summed E-state index contributed by atoms with van der Waals surface area (Å²) < 4.78 is 29.2. The quantitative estimate of drug-likeness (QED) is 0.273. The Hall–Kier alpha value is -2.63. The van der Waals surface area contributed by atoms with Gasteiger partial charge in [0.05, 0.1) is 18.8 Å². The third-order valence-corrected chi connectivity index (χ3v) is 3.83. The number of sulfonamides is 1. The number of ether oxygens (including phenoxy) is 1. The maximum Gasteiger partial charge on any atom is 0.410 e. The topological polar surface area (TPSA) is 166 Å². The predicted molar refractivity (Wildman–Crippen MR) is 83.6 cm³/mol. The molecule has 5 N–H and O–H groups in total. The molecule has 0 aromatic carbocycles. The van der Waals surface area contributed by atoms with Crippen LogP contribution >= 0.6 is 0 Å². The van der Waals surface area contributed by atoms with Crippen LogP contribution in [0.4, 0.5) is 4.79 Å². The maximum absolute atomic E-state index is 12.1. The van der Waals surface area contributed by atoms with Crippen molar-refractivity contribution in [2.45, 2.75) is 44.6 Å². The van der Waals surface area contributed by atoms with E-state index >= 15 is 0 Å². The normalized spacial score (nSPS) is 14.0. The predicted octanol–water partition coefficient (Wildman–Crippen LogP) is -0.806. The number of fused-ring (bicyclic) bond motifs is 1. The number of hydrogen-bond donors (Lipinski definition) is 3. The van der Waals surface area contributed by atoms with Gasteiger partial charge in [0.1, 0.15) is 5.60 Å². The van der Waals surface area contributed by atoms with Gasteiger partial charge in [0, 0.05) is 11.8 Å². The highest BCUT2D eigenvalue weighted by Gasteiger charge is 2.30. The van der Waals surface area contributed by atoms with Crippen molar-refractivity contribution in [1.29, 1.82) is 0 Å². The molecular formula is C12H19N7O4S. The Balaban J connectivity index is 2.17. The van der Waals surface area contributed by atoms with Crippen molar-refractivity contribution in [3.8, 4) is 0 Å². The molecule has 0 radical (unpaired) electrons. The van der Waals surface area contributed by atoms with E-state index in [1.165, 1.54) is 11.1 Å². The highest BCUT2D eigenvalue weighted by molar-refractivity contribution is 7.89. The molecule has 0 fully saturated rings. The summed E-state index contributed by atoms with van der Waals surface area (Å²) in [5, 5.41) is 2.73. The second-order valence-electron chi connectivity index (χ2n) is 6.09. The molecule has 132 valence electrons. The van der Waals surface area contributed by atoms with Crippen molar-refractivity contribution >= 4 is 22.1 Å². The van der Waals surface area contributed by atoms with E-state index in [2.05, 4.69) is 15.1 Å². The van der Waals surface area contributed by atoms with Crippen LogP contribution < -0.4 is 16.3 Å². The Morgan fingerprint density at radius 3 is 2.62 bits per heavy atom. The molecule has 2 rings (SSSR count). The van der Waals surface area contributed by atoms with Crippen molar-refractivity contribution in [3.05, 3.63) is 17.5 Å². The number of amides is 1. The number of carbonyl (C=O) groups is 1. The van der Waals surface area contributed by atoms with Crippen molar-refractivity contribution in [1.82, 2.24) is 19.7 Å². The van der Waals surface area contributed by atoms with Gasteiger partial charge in [-0.05, 0) is 20.8 Å². The minimum absolute atomic E-state index is 0.123. The van der Waals surface area contributed by atoms with Gasteiger partial charge >= 0.3 is 16.1 Å². The van der Waals surface area contributed by atoms with Gasteiger partial charge in [-0.25, -0.2) is 14.8 Å². The molecule has 1 amide bonds. The van der Waals surface area contributed by atoms with Gasteiger partial charge in [-0.3, -0.25) is 4.90 Å². The van der Waals surface area contributed by atoms with E-state index in [1.807, 2.05) is 4.83 Å². The van der Waals surface area contributed by atoms with E-state index in [0.29, 0.717) is 11.3 Å². The molecule has 12 heteroatoms. The fraction of sp³-hybridized carbons (Fsp3) is 0.500. The average molecular weight is 357 g/mol. The first kappa shape index (κ1) is 17.7. The van der Waals surface area contributed by atoms with E-state index in [0.717, 1.165) is 0 Å². The summed E-state index contributed by atoms with van der Waals surface area (Å²) in [7, 11) is -4.10. The first-order valence-electron chi connectivity index (χ1n) is 6.91. The molecule has 0 atom stereocenters. The number of carbonyl (C=O) groups excluding carboxylic acids is 1. The highest BCUT2D eigenvalue weighted by Crippen LogP contribution is 2.23. The number of hydrogen-bond acceptors (Lipinski definition) is 7. The largest absolute Gasteiger partial charge is 0.444 e. The molecule has 0 bridgehead atoms. The van der Waals surface area contributed by atoms with Crippen molar-refractivity contribution in [2.75, 3.05) is 0 Å². The Kier molecular flexibility index (Phi) is 4.51. The highest BCUT2D eigenvalue weighted by atomic mass is 32.2. The van der Waals surface area contributed by atoms with Gasteiger partial charge < -0.3 is 16.2 Å². The number of hydrazone groups is 1. The zero-order valence-electron chi connectivity index (χ0n) is 13.5. The number of nitrogens with one attached hydrogen (secondary N) is 1. The summed E-state index contributed by atoms with van der Waals surface area (Å²) in [6.45, 7) is 5.64. The molecule has 1 aliphatic heterocycles. The van der Waals surface area contributed by atoms with Crippen molar-refractivity contribution < 1.29 is 17.9 Å². The van der Waals surface area contributed by atoms with Crippen LogP contribution in [0.5, 0.6) is 0 Å². The van der Waals surface area contributed by atoms with E-state index in [1.54, 1.807) is 20.8 Å². The zero-order chi connectivity index (χ0) is 18.1. The average Bonchev–Trinajstić information content (AvgIpc) is 2.86. The van der Waals surface area contributed by atoms with Crippen LogP contribution in [-0.4, -0.2) is 40.9 Å². The molecule has 24 heavy (non-hydrogen) atoms. The van der Waals surface area contributed by atoms with Crippen LogP contribution in [0.15, 0.2) is 16.5 Å². The van der Waals surface area contributed by atoms with Crippen LogP contribution in [0, 0.1) is 0 Å². The molecule has 11 nitrogen and oxygen atoms in total. The van der Waals surface area contributed by atoms with Crippen LogP contribution in [0.1, 0.15) is 32.0 Å². The van der Waals surface area contributed by atoms with Crippen LogP contribution in [0.3, 0.4) is 0 Å². The fourth-order valence-electron chi connectivity index (χ4n) is 1.87.